The van der Waals surface area contributed by atoms with Gasteiger partial charge in [0.05, 0.1) is 11.3 Å². The van der Waals surface area contributed by atoms with Gasteiger partial charge in [0.2, 0.25) is 0 Å². The minimum Gasteiger partial charge on any atom is -0.459 e. The molecule has 0 N–H and O–H groups in total. The summed E-state index contributed by atoms with van der Waals surface area (Å²) in [6, 6.07) is 14.9. The molecule has 0 amide bonds. The van der Waals surface area contributed by atoms with Crippen molar-refractivity contribution in [2.24, 2.45) is 4.99 Å². The number of rotatable bonds is 4. The Kier molecular flexibility index (Phi) is 4.95. The smallest absolute Gasteiger partial charge is 0.161 e. The number of benzene rings is 1. The summed E-state index contributed by atoms with van der Waals surface area (Å²) in [5, 5.41) is 1.05. The molecule has 5 rings (SSSR count). The summed E-state index contributed by atoms with van der Waals surface area (Å²) >= 11 is 5.10. The van der Waals surface area contributed by atoms with Gasteiger partial charge >= 0.3 is 0 Å². The van der Waals surface area contributed by atoms with Crippen LogP contribution < -0.4 is 0 Å². The molecular weight excluding hydrogens is 453 g/mol. The molecule has 0 aliphatic carbocycles. The van der Waals surface area contributed by atoms with E-state index in [1.54, 1.807) is 24.0 Å². The van der Waals surface area contributed by atoms with Crippen LogP contribution in [0.4, 0.5) is 4.39 Å². The molecule has 3 aromatic rings. The van der Waals surface area contributed by atoms with Crippen LogP contribution in [0.25, 0.3) is 11.3 Å². The van der Waals surface area contributed by atoms with Crippen LogP contribution in [0.2, 0.25) is 0 Å². The first-order valence-corrected chi connectivity index (χ1v) is 11.4. The summed E-state index contributed by atoms with van der Waals surface area (Å²) in [6.45, 7) is 2.20. The Morgan fingerprint density at radius 2 is 2.14 bits per heavy atom. The Morgan fingerprint density at radius 3 is 2.90 bits per heavy atom. The zero-order valence-corrected chi connectivity index (χ0v) is 18.2. The number of thioether (sulfide) groups is 1. The summed E-state index contributed by atoms with van der Waals surface area (Å²) in [5.74, 6) is 2.03. The largest absolute Gasteiger partial charge is 0.459 e. The molecule has 4 nitrogen and oxygen atoms in total. The SMILES string of the molecule is CC[C@@H]1CSC2=N[C@H](c3ccccn3)[C@H](c3ccc(-c4ccc(Br)cc4F)o3)N21. The Labute approximate surface area is 181 Å². The number of aliphatic imine (C=N–C) groups is 1. The predicted molar refractivity (Wildman–Crippen MR) is 117 cm³/mol. The molecule has 0 spiro atoms. The number of aromatic nitrogens is 1. The van der Waals surface area contributed by atoms with E-state index in [9.17, 15) is 4.39 Å². The summed E-state index contributed by atoms with van der Waals surface area (Å²) in [4.78, 5) is 11.9. The summed E-state index contributed by atoms with van der Waals surface area (Å²) < 4.78 is 21.4. The average Bonchev–Trinajstić information content (AvgIpc) is 3.43. The lowest BCUT2D eigenvalue weighted by Crippen LogP contribution is -2.35. The third kappa shape index (κ3) is 3.30. The van der Waals surface area contributed by atoms with Gasteiger partial charge in [-0.1, -0.05) is 40.7 Å². The molecule has 7 heteroatoms. The topological polar surface area (TPSA) is 41.6 Å². The van der Waals surface area contributed by atoms with Crippen molar-refractivity contribution in [2.45, 2.75) is 31.5 Å². The fraction of sp³-hybridized carbons (Fsp3) is 0.273. The minimum atomic E-state index is -0.312. The molecule has 148 valence electrons. The second-order valence-corrected chi connectivity index (χ2v) is 9.07. The van der Waals surface area contributed by atoms with Crippen LogP contribution >= 0.6 is 27.7 Å². The maximum atomic E-state index is 14.5. The number of furan rings is 1. The fourth-order valence-corrected chi connectivity index (χ4v) is 5.68. The first kappa shape index (κ1) is 18.9. The van der Waals surface area contributed by atoms with Crippen LogP contribution in [0.3, 0.4) is 0 Å². The van der Waals surface area contributed by atoms with E-state index < -0.39 is 0 Å². The molecule has 1 aromatic carbocycles. The Balaban J connectivity index is 1.56. The molecule has 0 unspecified atom stereocenters. The molecule has 4 heterocycles. The van der Waals surface area contributed by atoms with Gasteiger partial charge in [-0.15, -0.1) is 0 Å². The van der Waals surface area contributed by atoms with E-state index in [1.165, 1.54) is 6.07 Å². The van der Waals surface area contributed by atoms with Gasteiger partial charge < -0.3 is 9.32 Å². The second-order valence-electron chi connectivity index (χ2n) is 7.16. The second kappa shape index (κ2) is 7.61. The van der Waals surface area contributed by atoms with Gasteiger partial charge in [0.25, 0.3) is 0 Å². The maximum absolute atomic E-state index is 14.5. The van der Waals surface area contributed by atoms with E-state index in [4.69, 9.17) is 9.41 Å². The van der Waals surface area contributed by atoms with Crippen molar-refractivity contribution in [3.63, 3.8) is 0 Å². The normalized spacial score (nSPS) is 23.3. The number of hydrogen-bond acceptors (Lipinski definition) is 5. The van der Waals surface area contributed by atoms with Crippen molar-refractivity contribution in [3.05, 3.63) is 76.5 Å². The monoisotopic (exact) mass is 471 g/mol. The third-order valence-corrected chi connectivity index (χ3v) is 7.06. The number of halogens is 2. The van der Waals surface area contributed by atoms with Crippen LogP contribution in [0, 0.1) is 5.82 Å². The number of fused-ring (bicyclic) bond motifs is 1. The molecule has 29 heavy (non-hydrogen) atoms. The van der Waals surface area contributed by atoms with Gasteiger partial charge in [-0.3, -0.25) is 4.98 Å². The molecule has 3 atom stereocenters. The minimum absolute atomic E-state index is 0.0768. The average molecular weight is 472 g/mol. The van der Waals surface area contributed by atoms with Gasteiger partial charge in [0, 0.05) is 22.5 Å². The highest BCUT2D eigenvalue weighted by Gasteiger charge is 2.46. The summed E-state index contributed by atoms with van der Waals surface area (Å²) in [7, 11) is 0. The number of hydrogen-bond donors (Lipinski definition) is 0. The third-order valence-electron chi connectivity index (χ3n) is 5.44. The van der Waals surface area contributed by atoms with Crippen molar-refractivity contribution in [1.29, 1.82) is 0 Å². The van der Waals surface area contributed by atoms with Gasteiger partial charge in [-0.25, -0.2) is 9.38 Å². The van der Waals surface area contributed by atoms with Gasteiger partial charge in [0.1, 0.15) is 29.4 Å². The van der Waals surface area contributed by atoms with Crippen LogP contribution in [-0.2, 0) is 0 Å². The molecule has 0 bridgehead atoms. The molecule has 2 aliphatic rings. The van der Waals surface area contributed by atoms with Crippen molar-refractivity contribution in [2.75, 3.05) is 5.75 Å². The highest BCUT2D eigenvalue weighted by Crippen LogP contribution is 2.49. The van der Waals surface area contributed by atoms with Crippen molar-refractivity contribution < 1.29 is 8.81 Å². The number of amidine groups is 1. The van der Waals surface area contributed by atoms with E-state index in [0.717, 1.165) is 28.8 Å². The standard InChI is InChI=1S/C22H19BrFN3OS/c1-2-14-12-29-22-26-20(17-5-3-4-10-25-17)21(27(14)22)19-9-8-18(28-19)15-7-6-13(23)11-16(15)24/h3-11,14,20-21H,2,12H2,1H3/t14-,20-,21+/m1/s1. The first-order valence-electron chi connectivity index (χ1n) is 9.60. The Morgan fingerprint density at radius 1 is 1.24 bits per heavy atom. The zero-order valence-electron chi connectivity index (χ0n) is 15.8. The van der Waals surface area contributed by atoms with E-state index in [1.807, 2.05) is 36.4 Å². The molecule has 2 aromatic heterocycles. The van der Waals surface area contributed by atoms with E-state index in [2.05, 4.69) is 32.7 Å². The van der Waals surface area contributed by atoms with Gasteiger partial charge in [-0.2, -0.15) is 0 Å². The lowest BCUT2D eigenvalue weighted by Gasteiger charge is -2.30. The molecule has 0 saturated carbocycles. The van der Waals surface area contributed by atoms with Gasteiger partial charge in [0.15, 0.2) is 5.17 Å². The maximum Gasteiger partial charge on any atom is 0.161 e. The van der Waals surface area contributed by atoms with Crippen LogP contribution in [0.15, 0.2) is 68.6 Å². The van der Waals surface area contributed by atoms with Gasteiger partial charge in [-0.05, 0) is 48.9 Å². The Bertz CT molecular complexity index is 1070. The van der Waals surface area contributed by atoms with E-state index in [0.29, 0.717) is 21.8 Å². The van der Waals surface area contributed by atoms with Crippen molar-refractivity contribution in [1.82, 2.24) is 9.88 Å². The fourth-order valence-electron chi connectivity index (χ4n) is 4.01. The lowest BCUT2D eigenvalue weighted by molar-refractivity contribution is 0.226. The van der Waals surface area contributed by atoms with Crippen LogP contribution in [0.5, 0.6) is 0 Å². The van der Waals surface area contributed by atoms with Crippen molar-refractivity contribution >= 4 is 32.9 Å². The molecular formula is C22H19BrFN3OS. The van der Waals surface area contributed by atoms with E-state index >= 15 is 0 Å². The number of nitrogens with zero attached hydrogens (tertiary/aromatic N) is 3. The Hall–Kier alpha value is -2.12. The van der Waals surface area contributed by atoms with Crippen LogP contribution in [-0.4, -0.2) is 26.8 Å². The number of pyridine rings is 1. The predicted octanol–water partition coefficient (Wildman–Crippen LogP) is 6.22. The quantitative estimate of drug-likeness (QED) is 0.452. The highest BCUT2D eigenvalue weighted by atomic mass is 79.9. The highest BCUT2D eigenvalue weighted by molar-refractivity contribution is 9.10. The van der Waals surface area contributed by atoms with Crippen molar-refractivity contribution in [3.8, 4) is 11.3 Å². The molecule has 2 aliphatic heterocycles. The summed E-state index contributed by atoms with van der Waals surface area (Å²) in [6.07, 6.45) is 2.83. The van der Waals surface area contributed by atoms with E-state index in [-0.39, 0.29) is 17.9 Å². The van der Waals surface area contributed by atoms with Crippen LogP contribution in [0.1, 0.15) is 36.9 Å². The first-order chi connectivity index (χ1) is 14.2. The lowest BCUT2D eigenvalue weighted by atomic mass is 10.0. The molecule has 1 fully saturated rings. The molecule has 1 saturated heterocycles. The summed E-state index contributed by atoms with van der Waals surface area (Å²) in [5.41, 5.74) is 1.37. The molecule has 0 radical (unpaired) electrons. The zero-order chi connectivity index (χ0) is 20.0.